The first-order chi connectivity index (χ1) is 13.6. The maximum Gasteiger partial charge on any atom is 0.319 e. The number of fused-ring (bicyclic) bond motifs is 1. The van der Waals surface area contributed by atoms with E-state index in [2.05, 4.69) is 26.8 Å². The summed E-state index contributed by atoms with van der Waals surface area (Å²) in [6.45, 7) is 3.09. The van der Waals surface area contributed by atoms with Crippen molar-refractivity contribution in [2.45, 2.75) is 37.4 Å². The summed E-state index contributed by atoms with van der Waals surface area (Å²) < 4.78 is 12.9. The van der Waals surface area contributed by atoms with E-state index >= 15 is 0 Å². The number of benzene rings is 1. The minimum atomic E-state index is -0.342. The summed E-state index contributed by atoms with van der Waals surface area (Å²) in [5, 5.41) is 9.01. The van der Waals surface area contributed by atoms with Crippen molar-refractivity contribution >= 4 is 17.6 Å². The Balaban J connectivity index is 1.23. The predicted octanol–water partition coefficient (Wildman–Crippen LogP) is 0.393. The molecule has 3 unspecified atom stereocenters. The smallest absolute Gasteiger partial charge is 0.319 e. The predicted molar refractivity (Wildman–Crippen MR) is 103 cm³/mol. The van der Waals surface area contributed by atoms with Crippen molar-refractivity contribution in [3.63, 3.8) is 0 Å². The fourth-order valence-corrected chi connectivity index (χ4v) is 4.29. The van der Waals surface area contributed by atoms with Gasteiger partial charge in [0.1, 0.15) is 11.9 Å². The molecule has 3 amide bonds. The maximum absolute atomic E-state index is 12.9. The quantitative estimate of drug-likeness (QED) is 0.515. The number of amides is 3. The Hall–Kier alpha value is -2.23. The fraction of sp³-hybridized carbons (Fsp3) is 0.579. The van der Waals surface area contributed by atoms with Crippen LogP contribution in [0.1, 0.15) is 19.3 Å². The number of urea groups is 1. The molecule has 0 spiro atoms. The van der Waals surface area contributed by atoms with Crippen LogP contribution in [0.3, 0.4) is 0 Å². The van der Waals surface area contributed by atoms with Gasteiger partial charge in [-0.2, -0.15) is 0 Å². The van der Waals surface area contributed by atoms with Crippen molar-refractivity contribution in [1.82, 2.24) is 26.4 Å². The Labute approximate surface area is 163 Å². The summed E-state index contributed by atoms with van der Waals surface area (Å²) in [5.74, 6) is 0.0711. The van der Waals surface area contributed by atoms with Crippen LogP contribution >= 0.6 is 0 Å². The van der Waals surface area contributed by atoms with Gasteiger partial charge in [0.25, 0.3) is 0 Å². The van der Waals surface area contributed by atoms with Crippen molar-refractivity contribution in [2.24, 2.45) is 5.92 Å². The second-order valence-electron chi connectivity index (χ2n) is 7.73. The third kappa shape index (κ3) is 4.26. The maximum atomic E-state index is 12.9. The van der Waals surface area contributed by atoms with Crippen LogP contribution in [-0.2, 0) is 4.79 Å². The van der Waals surface area contributed by atoms with Gasteiger partial charge in [-0.3, -0.25) is 10.2 Å². The van der Waals surface area contributed by atoms with Crippen LogP contribution in [0.2, 0.25) is 0 Å². The van der Waals surface area contributed by atoms with Crippen LogP contribution < -0.4 is 26.8 Å². The zero-order valence-electron chi connectivity index (χ0n) is 15.7. The number of carbonyl (C=O) groups excluding carboxylic acids is 2. The number of carbonyl (C=O) groups is 2. The van der Waals surface area contributed by atoms with Crippen molar-refractivity contribution in [2.75, 3.05) is 31.5 Å². The zero-order valence-corrected chi connectivity index (χ0v) is 15.7. The number of piperidine rings is 2. The van der Waals surface area contributed by atoms with Gasteiger partial charge in [-0.05, 0) is 50.1 Å². The summed E-state index contributed by atoms with van der Waals surface area (Å²) in [6, 6.07) is 5.51. The number of hydrazine groups is 1. The second kappa shape index (κ2) is 8.42. The summed E-state index contributed by atoms with van der Waals surface area (Å²) in [5.41, 5.74) is 6.99. The molecule has 4 rings (SSSR count). The van der Waals surface area contributed by atoms with Crippen molar-refractivity contribution in [3.8, 4) is 0 Å². The van der Waals surface area contributed by atoms with Gasteiger partial charge in [-0.25, -0.2) is 14.6 Å². The molecule has 152 valence electrons. The molecule has 3 aliphatic heterocycles. The highest BCUT2D eigenvalue weighted by molar-refractivity contribution is 5.89. The molecule has 3 atom stereocenters. The molecular formula is C19H27FN6O2. The van der Waals surface area contributed by atoms with Gasteiger partial charge in [-0.1, -0.05) is 0 Å². The molecule has 1 aromatic carbocycles. The SMILES string of the molecule is O=C(Nc1ccc(F)cc1)NC1CCN(C(=O)C2NNC3CCNCC32)CC1. The lowest BCUT2D eigenvalue weighted by Crippen LogP contribution is -2.54. The largest absolute Gasteiger partial charge is 0.341 e. The van der Waals surface area contributed by atoms with E-state index in [4.69, 9.17) is 0 Å². The van der Waals surface area contributed by atoms with E-state index in [1.54, 1.807) is 0 Å². The van der Waals surface area contributed by atoms with Gasteiger partial charge in [-0.15, -0.1) is 0 Å². The van der Waals surface area contributed by atoms with E-state index < -0.39 is 0 Å². The average molecular weight is 390 g/mol. The molecule has 28 heavy (non-hydrogen) atoms. The Bertz CT molecular complexity index is 707. The van der Waals surface area contributed by atoms with Crippen molar-refractivity contribution < 1.29 is 14.0 Å². The second-order valence-corrected chi connectivity index (χ2v) is 7.73. The molecule has 3 saturated heterocycles. The number of likely N-dealkylation sites (tertiary alicyclic amines) is 1. The number of anilines is 1. The topological polar surface area (TPSA) is 97.5 Å². The van der Waals surface area contributed by atoms with Crippen molar-refractivity contribution in [1.29, 1.82) is 0 Å². The highest BCUT2D eigenvalue weighted by atomic mass is 19.1. The van der Waals surface area contributed by atoms with Gasteiger partial charge in [0, 0.05) is 43.3 Å². The summed E-state index contributed by atoms with van der Waals surface area (Å²) in [7, 11) is 0. The number of nitrogens with zero attached hydrogens (tertiary/aromatic N) is 1. The number of hydrogen-bond acceptors (Lipinski definition) is 5. The molecule has 5 N–H and O–H groups in total. The molecule has 0 saturated carbocycles. The van der Waals surface area contributed by atoms with Crippen LogP contribution in [0.25, 0.3) is 0 Å². The van der Waals surface area contributed by atoms with Crippen LogP contribution in [0.4, 0.5) is 14.9 Å². The molecule has 3 heterocycles. The molecule has 3 fully saturated rings. The van der Waals surface area contributed by atoms with Crippen LogP contribution in [0.15, 0.2) is 24.3 Å². The fourth-order valence-electron chi connectivity index (χ4n) is 4.29. The highest BCUT2D eigenvalue weighted by Crippen LogP contribution is 2.23. The van der Waals surface area contributed by atoms with Gasteiger partial charge in [0.2, 0.25) is 5.91 Å². The monoisotopic (exact) mass is 390 g/mol. The summed E-state index contributed by atoms with van der Waals surface area (Å²) in [6.07, 6.45) is 2.46. The number of halogens is 1. The van der Waals surface area contributed by atoms with Crippen LogP contribution in [-0.4, -0.2) is 61.1 Å². The average Bonchev–Trinajstić information content (AvgIpc) is 3.14. The molecule has 0 aliphatic carbocycles. The lowest BCUT2D eigenvalue weighted by Gasteiger charge is -2.35. The standard InChI is InChI=1S/C19H27FN6O2/c20-12-1-3-13(4-2-12)22-19(28)23-14-6-9-26(10-7-14)18(27)17-15-11-21-8-5-16(15)24-25-17/h1-4,14-17,21,24-25H,5-11H2,(H2,22,23,28). The Morgan fingerprint density at radius 2 is 1.82 bits per heavy atom. The van der Waals surface area contributed by atoms with E-state index in [-0.39, 0.29) is 35.8 Å². The minimum Gasteiger partial charge on any atom is -0.341 e. The van der Waals surface area contributed by atoms with E-state index in [0.29, 0.717) is 24.8 Å². The number of rotatable bonds is 3. The third-order valence-electron chi connectivity index (χ3n) is 5.89. The first kappa shape index (κ1) is 19.1. The molecule has 9 heteroatoms. The normalized spacial score (nSPS) is 27.9. The van der Waals surface area contributed by atoms with Gasteiger partial charge < -0.3 is 20.9 Å². The van der Waals surface area contributed by atoms with Crippen LogP contribution in [0.5, 0.6) is 0 Å². The summed E-state index contributed by atoms with van der Waals surface area (Å²) >= 11 is 0. The highest BCUT2D eigenvalue weighted by Gasteiger charge is 2.43. The lowest BCUT2D eigenvalue weighted by molar-refractivity contribution is -0.135. The van der Waals surface area contributed by atoms with Crippen LogP contribution in [0, 0.1) is 11.7 Å². The van der Waals surface area contributed by atoms with Gasteiger partial charge in [0.05, 0.1) is 0 Å². The Kier molecular flexibility index (Phi) is 5.74. The van der Waals surface area contributed by atoms with E-state index in [1.165, 1.54) is 24.3 Å². The van der Waals surface area contributed by atoms with Gasteiger partial charge >= 0.3 is 6.03 Å². The Morgan fingerprint density at radius 1 is 1.07 bits per heavy atom. The van der Waals surface area contributed by atoms with E-state index in [9.17, 15) is 14.0 Å². The first-order valence-corrected chi connectivity index (χ1v) is 9.94. The minimum absolute atomic E-state index is 0.0169. The molecule has 8 nitrogen and oxygen atoms in total. The zero-order chi connectivity index (χ0) is 19.5. The molecular weight excluding hydrogens is 363 g/mol. The van der Waals surface area contributed by atoms with Gasteiger partial charge in [0.15, 0.2) is 0 Å². The molecule has 0 bridgehead atoms. The van der Waals surface area contributed by atoms with Crippen molar-refractivity contribution in [3.05, 3.63) is 30.1 Å². The third-order valence-corrected chi connectivity index (χ3v) is 5.89. The molecule has 3 aliphatic rings. The molecule has 0 aromatic heterocycles. The molecule has 0 radical (unpaired) electrons. The lowest BCUT2D eigenvalue weighted by atomic mass is 9.88. The first-order valence-electron chi connectivity index (χ1n) is 9.94. The summed E-state index contributed by atoms with van der Waals surface area (Å²) in [4.78, 5) is 26.9. The molecule has 1 aromatic rings. The number of hydrogen-bond donors (Lipinski definition) is 5. The van der Waals surface area contributed by atoms with E-state index in [0.717, 1.165) is 32.4 Å². The Morgan fingerprint density at radius 3 is 2.57 bits per heavy atom. The number of nitrogens with one attached hydrogen (secondary N) is 5. The van der Waals surface area contributed by atoms with E-state index in [1.807, 2.05) is 4.90 Å².